The lowest BCUT2D eigenvalue weighted by molar-refractivity contribution is 1.05. The minimum Gasteiger partial charge on any atom is -0.349 e. The third-order valence-corrected chi connectivity index (χ3v) is 4.32. The number of H-pyrrole nitrogens is 1. The maximum Gasteiger partial charge on any atom is 0.0780 e. The van der Waals surface area contributed by atoms with Crippen LogP contribution in [0.15, 0.2) is 58.5 Å². The van der Waals surface area contributed by atoms with Gasteiger partial charge < -0.3 is 10.7 Å². The van der Waals surface area contributed by atoms with Gasteiger partial charge in [-0.15, -0.1) is 0 Å². The van der Waals surface area contributed by atoms with Crippen molar-refractivity contribution >= 4 is 22.7 Å². The van der Waals surface area contributed by atoms with Crippen LogP contribution in [-0.2, 0) is 6.54 Å². The molecule has 3 N–H and O–H groups in total. The lowest BCUT2D eigenvalue weighted by Crippen LogP contribution is -1.96. The van der Waals surface area contributed by atoms with Crippen molar-refractivity contribution < 1.29 is 0 Å². The molecule has 0 saturated heterocycles. The number of nitrogens with one attached hydrogen (secondary N) is 1. The second-order valence-corrected chi connectivity index (χ2v) is 5.71. The molecule has 2 nitrogen and oxygen atoms in total. The third-order valence-electron chi connectivity index (χ3n) is 3.20. The first-order chi connectivity index (χ1) is 9.26. The maximum atomic E-state index is 5.66. The van der Waals surface area contributed by atoms with Gasteiger partial charge in [-0.05, 0) is 36.2 Å². The summed E-state index contributed by atoms with van der Waals surface area (Å²) in [7, 11) is 0. The summed E-state index contributed by atoms with van der Waals surface area (Å²) in [6, 6.07) is 16.9. The molecule has 0 aliphatic carbocycles. The predicted molar refractivity (Wildman–Crippen MR) is 81.5 cm³/mol. The van der Waals surface area contributed by atoms with E-state index in [4.69, 9.17) is 5.73 Å². The van der Waals surface area contributed by atoms with E-state index in [9.17, 15) is 0 Å². The molecule has 3 heteroatoms. The highest BCUT2D eigenvalue weighted by Crippen LogP contribution is 2.32. The van der Waals surface area contributed by atoms with Gasteiger partial charge in [0.2, 0.25) is 0 Å². The predicted octanol–water partition coefficient (Wildman–Crippen LogP) is 4.09. The zero-order chi connectivity index (χ0) is 13.2. The molecule has 0 unspecified atom stereocenters. The molecule has 1 heterocycles. The fourth-order valence-corrected chi connectivity index (χ4v) is 3.11. The van der Waals surface area contributed by atoms with E-state index in [0.29, 0.717) is 6.54 Å². The molecular weight excluding hydrogens is 252 g/mol. The van der Waals surface area contributed by atoms with Crippen LogP contribution in [-0.4, -0.2) is 4.98 Å². The number of para-hydroxylation sites is 1. The maximum absolute atomic E-state index is 5.66. The Morgan fingerprint density at radius 3 is 2.68 bits per heavy atom. The molecule has 1 aromatic heterocycles. The van der Waals surface area contributed by atoms with Crippen molar-refractivity contribution in [3.63, 3.8) is 0 Å². The molecule has 0 fully saturated rings. The van der Waals surface area contributed by atoms with E-state index in [1.54, 1.807) is 11.8 Å². The van der Waals surface area contributed by atoms with Crippen LogP contribution in [0.5, 0.6) is 0 Å². The lowest BCUT2D eigenvalue weighted by Gasteiger charge is -2.06. The highest BCUT2D eigenvalue weighted by atomic mass is 32.2. The van der Waals surface area contributed by atoms with E-state index in [2.05, 4.69) is 60.4 Å². The second kappa shape index (κ2) is 5.11. The van der Waals surface area contributed by atoms with Crippen LogP contribution < -0.4 is 5.73 Å². The fourth-order valence-electron chi connectivity index (χ4n) is 2.17. The first kappa shape index (κ1) is 12.3. The first-order valence-electron chi connectivity index (χ1n) is 6.31. The largest absolute Gasteiger partial charge is 0.349 e. The Kier molecular flexibility index (Phi) is 3.32. The molecular formula is C16H16N2S. The van der Waals surface area contributed by atoms with Gasteiger partial charge in [0, 0.05) is 22.3 Å². The van der Waals surface area contributed by atoms with E-state index >= 15 is 0 Å². The summed E-state index contributed by atoms with van der Waals surface area (Å²) in [5.74, 6) is 0. The minimum atomic E-state index is 0.595. The Morgan fingerprint density at radius 1 is 1.11 bits per heavy atom. The fraction of sp³-hybridized carbons (Fsp3) is 0.125. The van der Waals surface area contributed by atoms with Gasteiger partial charge in [0.15, 0.2) is 0 Å². The van der Waals surface area contributed by atoms with Gasteiger partial charge in [-0.1, -0.05) is 42.1 Å². The summed E-state index contributed by atoms with van der Waals surface area (Å²) in [6.07, 6.45) is 0. The Labute approximate surface area is 117 Å². The molecule has 0 radical (unpaired) electrons. The number of hydrogen-bond acceptors (Lipinski definition) is 2. The third kappa shape index (κ3) is 2.53. The lowest BCUT2D eigenvalue weighted by atomic mass is 10.1. The number of aryl methyl sites for hydroxylation is 1. The van der Waals surface area contributed by atoms with E-state index < -0.39 is 0 Å². The van der Waals surface area contributed by atoms with Gasteiger partial charge in [0.25, 0.3) is 0 Å². The smallest absolute Gasteiger partial charge is 0.0780 e. The molecule has 0 aliphatic rings. The summed E-state index contributed by atoms with van der Waals surface area (Å²) in [5.41, 5.74) is 9.29. The highest BCUT2D eigenvalue weighted by Gasteiger charge is 2.05. The quantitative estimate of drug-likeness (QED) is 0.751. The van der Waals surface area contributed by atoms with Gasteiger partial charge in [0.05, 0.1) is 5.03 Å². The van der Waals surface area contributed by atoms with Gasteiger partial charge in [0.1, 0.15) is 0 Å². The zero-order valence-corrected chi connectivity index (χ0v) is 11.6. The minimum absolute atomic E-state index is 0.595. The van der Waals surface area contributed by atoms with Crippen LogP contribution in [0.25, 0.3) is 10.9 Å². The highest BCUT2D eigenvalue weighted by molar-refractivity contribution is 7.99. The SMILES string of the molecule is Cc1cc(CN)ccc1Sc1cc2ccccc2[nH]1. The molecule has 96 valence electrons. The van der Waals surface area contributed by atoms with Crippen LogP contribution >= 0.6 is 11.8 Å². The monoisotopic (exact) mass is 268 g/mol. The molecule has 0 spiro atoms. The topological polar surface area (TPSA) is 41.8 Å². The van der Waals surface area contributed by atoms with Crippen molar-refractivity contribution in [2.75, 3.05) is 0 Å². The van der Waals surface area contributed by atoms with Crippen LogP contribution in [0.4, 0.5) is 0 Å². The summed E-state index contributed by atoms with van der Waals surface area (Å²) in [6.45, 7) is 2.72. The Hall–Kier alpha value is -1.71. The van der Waals surface area contributed by atoms with Crippen LogP contribution in [0, 0.1) is 6.92 Å². The number of aromatic nitrogens is 1. The molecule has 3 rings (SSSR count). The molecule has 2 aromatic carbocycles. The van der Waals surface area contributed by atoms with Gasteiger partial charge in [-0.2, -0.15) is 0 Å². The van der Waals surface area contributed by atoms with Crippen molar-refractivity contribution in [2.45, 2.75) is 23.4 Å². The summed E-state index contributed by atoms with van der Waals surface area (Å²) < 4.78 is 0. The van der Waals surface area contributed by atoms with Crippen molar-refractivity contribution in [2.24, 2.45) is 5.73 Å². The summed E-state index contributed by atoms with van der Waals surface area (Å²) in [4.78, 5) is 4.71. The Balaban J connectivity index is 1.92. The number of rotatable bonds is 3. The number of aromatic amines is 1. The molecule has 0 aliphatic heterocycles. The molecule has 19 heavy (non-hydrogen) atoms. The molecule has 3 aromatic rings. The van der Waals surface area contributed by atoms with Gasteiger partial charge in [-0.3, -0.25) is 0 Å². The van der Waals surface area contributed by atoms with Crippen LogP contribution in [0.1, 0.15) is 11.1 Å². The van der Waals surface area contributed by atoms with Crippen molar-refractivity contribution in [3.05, 3.63) is 59.7 Å². The van der Waals surface area contributed by atoms with E-state index in [1.807, 2.05) is 0 Å². The number of benzene rings is 2. The zero-order valence-electron chi connectivity index (χ0n) is 10.8. The molecule has 0 atom stereocenters. The second-order valence-electron chi connectivity index (χ2n) is 4.63. The van der Waals surface area contributed by atoms with Crippen molar-refractivity contribution in [1.29, 1.82) is 0 Å². The van der Waals surface area contributed by atoms with Crippen LogP contribution in [0.2, 0.25) is 0 Å². The first-order valence-corrected chi connectivity index (χ1v) is 7.13. The van der Waals surface area contributed by atoms with E-state index in [1.165, 1.54) is 32.0 Å². The number of hydrogen-bond donors (Lipinski definition) is 2. The number of fused-ring (bicyclic) bond motifs is 1. The number of nitrogens with two attached hydrogens (primary N) is 1. The van der Waals surface area contributed by atoms with E-state index in [0.717, 1.165) is 0 Å². The molecule has 0 saturated carbocycles. The Morgan fingerprint density at radius 2 is 1.95 bits per heavy atom. The average molecular weight is 268 g/mol. The normalized spacial score (nSPS) is 11.1. The average Bonchev–Trinajstić information content (AvgIpc) is 2.83. The van der Waals surface area contributed by atoms with Crippen LogP contribution in [0.3, 0.4) is 0 Å². The van der Waals surface area contributed by atoms with Gasteiger partial charge in [-0.25, -0.2) is 0 Å². The molecule has 0 bridgehead atoms. The summed E-state index contributed by atoms with van der Waals surface area (Å²) in [5, 5.41) is 2.42. The van der Waals surface area contributed by atoms with E-state index in [-0.39, 0.29) is 0 Å². The standard InChI is InChI=1S/C16H16N2S/c1-11-8-12(10-17)6-7-15(11)19-16-9-13-4-2-3-5-14(13)18-16/h2-9,18H,10,17H2,1H3. The summed E-state index contributed by atoms with van der Waals surface area (Å²) >= 11 is 1.76. The molecule has 0 amide bonds. The van der Waals surface area contributed by atoms with Crippen molar-refractivity contribution in [1.82, 2.24) is 4.98 Å². The van der Waals surface area contributed by atoms with Crippen molar-refractivity contribution in [3.8, 4) is 0 Å². The van der Waals surface area contributed by atoms with Gasteiger partial charge >= 0.3 is 0 Å². The Bertz CT molecular complexity index is 683.